The Kier molecular flexibility index (Phi) is 5.58. The summed E-state index contributed by atoms with van der Waals surface area (Å²) in [4.78, 5) is 16.9. The SMILES string of the molecule is O=C(Nc1ccc(NCCCc2ccccc2)cn1)c1cccs1. The normalized spacial score (nSPS) is 10.3. The number of aryl methyl sites for hydroxylation is 1. The molecule has 0 saturated heterocycles. The first-order chi connectivity index (χ1) is 11.8. The molecule has 1 amide bonds. The fourth-order valence-electron chi connectivity index (χ4n) is 2.33. The Morgan fingerprint density at radius 1 is 1.04 bits per heavy atom. The van der Waals surface area contributed by atoms with E-state index in [4.69, 9.17) is 0 Å². The standard InChI is InChI=1S/C19H19N3OS/c23-19(17-9-5-13-24-17)22-18-11-10-16(14-21-18)20-12-4-8-15-6-2-1-3-7-15/h1-3,5-7,9-11,13-14,20H,4,8,12H2,(H,21,22,23). The van der Waals surface area contributed by atoms with Gasteiger partial charge in [-0.15, -0.1) is 11.3 Å². The second kappa shape index (κ2) is 8.26. The van der Waals surface area contributed by atoms with Gasteiger partial charge < -0.3 is 10.6 Å². The van der Waals surface area contributed by atoms with E-state index in [0.29, 0.717) is 10.7 Å². The Bertz CT molecular complexity index is 755. The number of amides is 1. The second-order valence-electron chi connectivity index (χ2n) is 5.38. The van der Waals surface area contributed by atoms with E-state index < -0.39 is 0 Å². The molecule has 0 atom stereocenters. The average Bonchev–Trinajstić information content (AvgIpc) is 3.16. The van der Waals surface area contributed by atoms with Crippen LogP contribution in [0.3, 0.4) is 0 Å². The summed E-state index contributed by atoms with van der Waals surface area (Å²) in [5.74, 6) is 0.435. The first-order valence-electron chi connectivity index (χ1n) is 7.90. The summed E-state index contributed by atoms with van der Waals surface area (Å²) in [7, 11) is 0. The van der Waals surface area contributed by atoms with Crippen LogP contribution in [0.25, 0.3) is 0 Å². The fraction of sp³-hybridized carbons (Fsp3) is 0.158. The Morgan fingerprint density at radius 2 is 1.92 bits per heavy atom. The monoisotopic (exact) mass is 337 g/mol. The first kappa shape index (κ1) is 16.2. The number of anilines is 2. The maximum absolute atomic E-state index is 11.9. The minimum atomic E-state index is -0.124. The number of pyridine rings is 1. The minimum Gasteiger partial charge on any atom is -0.384 e. The van der Waals surface area contributed by atoms with Crippen molar-refractivity contribution in [1.82, 2.24) is 4.98 Å². The first-order valence-corrected chi connectivity index (χ1v) is 8.78. The zero-order chi connectivity index (χ0) is 16.6. The van der Waals surface area contributed by atoms with E-state index in [1.807, 2.05) is 29.6 Å². The Morgan fingerprint density at radius 3 is 2.62 bits per heavy atom. The smallest absolute Gasteiger partial charge is 0.266 e. The quantitative estimate of drug-likeness (QED) is 0.627. The number of thiophene rings is 1. The number of carbonyl (C=O) groups excluding carboxylic acids is 1. The van der Waals surface area contributed by atoms with Gasteiger partial charge in [-0.2, -0.15) is 0 Å². The molecular weight excluding hydrogens is 318 g/mol. The van der Waals surface area contributed by atoms with Gasteiger partial charge in [0, 0.05) is 6.54 Å². The van der Waals surface area contributed by atoms with Gasteiger partial charge in [-0.1, -0.05) is 36.4 Å². The molecule has 2 heterocycles. The van der Waals surface area contributed by atoms with Gasteiger partial charge in [-0.25, -0.2) is 4.98 Å². The number of hydrogen-bond acceptors (Lipinski definition) is 4. The van der Waals surface area contributed by atoms with Gasteiger partial charge in [0.05, 0.1) is 16.8 Å². The number of aromatic nitrogens is 1. The summed E-state index contributed by atoms with van der Waals surface area (Å²) >= 11 is 1.41. The molecule has 0 saturated carbocycles. The summed E-state index contributed by atoms with van der Waals surface area (Å²) < 4.78 is 0. The predicted molar refractivity (Wildman–Crippen MR) is 99.8 cm³/mol. The molecule has 0 aliphatic heterocycles. The van der Waals surface area contributed by atoms with Crippen molar-refractivity contribution in [3.05, 3.63) is 76.6 Å². The fourth-order valence-corrected chi connectivity index (χ4v) is 2.95. The van der Waals surface area contributed by atoms with E-state index in [1.165, 1.54) is 16.9 Å². The number of carbonyl (C=O) groups is 1. The van der Waals surface area contributed by atoms with E-state index in [1.54, 1.807) is 12.3 Å². The van der Waals surface area contributed by atoms with E-state index in [2.05, 4.69) is 39.9 Å². The highest BCUT2D eigenvalue weighted by molar-refractivity contribution is 7.12. The summed E-state index contributed by atoms with van der Waals surface area (Å²) in [6.45, 7) is 0.886. The van der Waals surface area contributed by atoms with Crippen LogP contribution < -0.4 is 10.6 Å². The zero-order valence-electron chi connectivity index (χ0n) is 13.2. The molecule has 1 aromatic carbocycles. The van der Waals surface area contributed by atoms with Crippen molar-refractivity contribution in [1.29, 1.82) is 0 Å². The van der Waals surface area contributed by atoms with Crippen molar-refractivity contribution < 1.29 is 4.79 Å². The van der Waals surface area contributed by atoms with Crippen molar-refractivity contribution in [2.24, 2.45) is 0 Å². The van der Waals surface area contributed by atoms with Crippen LogP contribution in [-0.2, 0) is 6.42 Å². The molecule has 3 rings (SSSR count). The molecular formula is C19H19N3OS. The highest BCUT2D eigenvalue weighted by Crippen LogP contribution is 2.14. The molecule has 3 aromatic rings. The van der Waals surface area contributed by atoms with Crippen molar-refractivity contribution in [3.63, 3.8) is 0 Å². The van der Waals surface area contributed by atoms with Crippen molar-refractivity contribution in [2.75, 3.05) is 17.2 Å². The van der Waals surface area contributed by atoms with Crippen molar-refractivity contribution in [2.45, 2.75) is 12.8 Å². The van der Waals surface area contributed by atoms with E-state index >= 15 is 0 Å². The number of benzene rings is 1. The molecule has 0 bridgehead atoms. The molecule has 0 spiro atoms. The molecule has 2 aromatic heterocycles. The van der Waals surface area contributed by atoms with E-state index in [9.17, 15) is 4.79 Å². The number of rotatable bonds is 7. The van der Waals surface area contributed by atoms with Gasteiger partial charge in [-0.3, -0.25) is 4.79 Å². The van der Waals surface area contributed by atoms with Crippen LogP contribution in [0.2, 0.25) is 0 Å². The van der Waals surface area contributed by atoms with Gasteiger partial charge in [0.25, 0.3) is 5.91 Å². The largest absolute Gasteiger partial charge is 0.384 e. The Hall–Kier alpha value is -2.66. The minimum absolute atomic E-state index is 0.124. The molecule has 0 fully saturated rings. The number of hydrogen-bond donors (Lipinski definition) is 2. The summed E-state index contributed by atoms with van der Waals surface area (Å²) in [6.07, 6.45) is 3.85. The zero-order valence-corrected chi connectivity index (χ0v) is 14.1. The summed E-state index contributed by atoms with van der Waals surface area (Å²) in [6, 6.07) is 17.8. The lowest BCUT2D eigenvalue weighted by atomic mass is 10.1. The van der Waals surface area contributed by atoms with Gasteiger partial charge in [0.15, 0.2) is 0 Å². The maximum atomic E-state index is 11.9. The van der Waals surface area contributed by atoms with Crippen molar-refractivity contribution in [3.8, 4) is 0 Å². The molecule has 5 heteroatoms. The highest BCUT2D eigenvalue weighted by Gasteiger charge is 2.07. The molecule has 0 aliphatic carbocycles. The molecule has 0 radical (unpaired) electrons. The summed E-state index contributed by atoms with van der Waals surface area (Å²) in [5, 5.41) is 8.02. The van der Waals surface area contributed by atoms with Gasteiger partial charge in [0.2, 0.25) is 0 Å². The van der Waals surface area contributed by atoms with Crippen LogP contribution in [0.5, 0.6) is 0 Å². The summed E-state index contributed by atoms with van der Waals surface area (Å²) in [5.41, 5.74) is 2.31. The molecule has 0 unspecified atom stereocenters. The van der Waals surface area contributed by atoms with Crippen LogP contribution in [-0.4, -0.2) is 17.4 Å². The Balaban J connectivity index is 1.44. The number of nitrogens with one attached hydrogen (secondary N) is 2. The van der Waals surface area contributed by atoms with Gasteiger partial charge in [-0.05, 0) is 42.0 Å². The maximum Gasteiger partial charge on any atom is 0.266 e. The molecule has 122 valence electrons. The lowest BCUT2D eigenvalue weighted by Crippen LogP contribution is -2.11. The molecule has 4 nitrogen and oxygen atoms in total. The third kappa shape index (κ3) is 4.67. The predicted octanol–water partition coefficient (Wildman–Crippen LogP) is 4.44. The van der Waals surface area contributed by atoms with Gasteiger partial charge >= 0.3 is 0 Å². The van der Waals surface area contributed by atoms with Crippen LogP contribution in [0.1, 0.15) is 21.7 Å². The Labute approximate surface area is 145 Å². The second-order valence-corrected chi connectivity index (χ2v) is 6.33. The number of nitrogens with zero attached hydrogens (tertiary/aromatic N) is 1. The molecule has 2 N–H and O–H groups in total. The van der Waals surface area contributed by atoms with Crippen LogP contribution in [0, 0.1) is 0 Å². The van der Waals surface area contributed by atoms with E-state index in [-0.39, 0.29) is 5.91 Å². The highest BCUT2D eigenvalue weighted by atomic mass is 32.1. The van der Waals surface area contributed by atoms with Crippen LogP contribution in [0.15, 0.2) is 66.2 Å². The average molecular weight is 337 g/mol. The topological polar surface area (TPSA) is 54.0 Å². The molecule has 24 heavy (non-hydrogen) atoms. The third-order valence-corrected chi connectivity index (χ3v) is 4.43. The van der Waals surface area contributed by atoms with E-state index in [0.717, 1.165) is 25.1 Å². The third-order valence-electron chi connectivity index (χ3n) is 3.56. The lowest BCUT2D eigenvalue weighted by Gasteiger charge is -2.07. The molecule has 0 aliphatic rings. The van der Waals surface area contributed by atoms with Crippen molar-refractivity contribution >= 4 is 28.7 Å². The van der Waals surface area contributed by atoms with Gasteiger partial charge in [0.1, 0.15) is 5.82 Å². The van der Waals surface area contributed by atoms with Crippen LogP contribution >= 0.6 is 11.3 Å². The van der Waals surface area contributed by atoms with Crippen LogP contribution in [0.4, 0.5) is 11.5 Å². The lowest BCUT2D eigenvalue weighted by molar-refractivity contribution is 0.103.